The maximum atomic E-state index is 6.41. The number of aryl methyl sites for hydroxylation is 1. The molecule has 0 unspecified atom stereocenters. The fourth-order valence-electron chi connectivity index (χ4n) is 3.13. The van der Waals surface area contributed by atoms with E-state index in [-0.39, 0.29) is 0 Å². The zero-order chi connectivity index (χ0) is 16.2. The van der Waals surface area contributed by atoms with Crippen LogP contribution in [0.1, 0.15) is 43.5 Å². The zero-order valence-corrected chi connectivity index (χ0v) is 14.9. The summed E-state index contributed by atoms with van der Waals surface area (Å²) in [5.41, 5.74) is 1.04. The second-order valence-electron chi connectivity index (χ2n) is 6.31. The van der Waals surface area contributed by atoms with Crippen molar-refractivity contribution in [1.82, 2.24) is 9.55 Å². The molecule has 1 aromatic heterocycles. The number of imidazole rings is 1. The summed E-state index contributed by atoms with van der Waals surface area (Å²) in [6, 6.07) is 5.93. The molecule has 1 fully saturated rings. The first-order valence-corrected chi connectivity index (χ1v) is 8.98. The van der Waals surface area contributed by atoms with Gasteiger partial charge >= 0.3 is 0 Å². The third-order valence-corrected chi connectivity index (χ3v) is 5.06. The van der Waals surface area contributed by atoms with Gasteiger partial charge in [-0.25, -0.2) is 4.98 Å². The Morgan fingerprint density at radius 2 is 2.00 bits per heavy atom. The molecule has 0 N–H and O–H groups in total. The van der Waals surface area contributed by atoms with Gasteiger partial charge in [0.05, 0.1) is 13.2 Å². The van der Waals surface area contributed by atoms with Crippen LogP contribution in [0, 0.1) is 12.8 Å². The summed E-state index contributed by atoms with van der Waals surface area (Å²) in [5, 5.41) is 1.22. The van der Waals surface area contributed by atoms with Crippen LogP contribution in [0.25, 0.3) is 0 Å². The maximum Gasteiger partial charge on any atom is 0.147 e. The van der Waals surface area contributed by atoms with E-state index in [1.807, 2.05) is 35.9 Å². The minimum atomic E-state index is 0.506. The van der Waals surface area contributed by atoms with Gasteiger partial charge in [0.1, 0.15) is 16.7 Å². The number of rotatable bonds is 5. The normalized spacial score (nSPS) is 15.8. The van der Waals surface area contributed by atoms with Crippen LogP contribution in [0.2, 0.25) is 10.2 Å². The lowest BCUT2D eigenvalue weighted by atomic mass is 9.90. The van der Waals surface area contributed by atoms with Crippen molar-refractivity contribution >= 4 is 23.2 Å². The van der Waals surface area contributed by atoms with Crippen molar-refractivity contribution in [3.05, 3.63) is 46.0 Å². The largest absolute Gasteiger partial charge is 0.493 e. The lowest BCUT2D eigenvalue weighted by molar-refractivity contribution is 0.209. The number of benzene rings is 1. The third-order valence-electron chi connectivity index (χ3n) is 4.52. The molecule has 5 heteroatoms. The number of nitrogens with zero attached hydrogens (tertiary/aromatic N) is 2. The average molecular weight is 353 g/mol. The first-order chi connectivity index (χ1) is 11.1. The van der Waals surface area contributed by atoms with Crippen LogP contribution in [0.5, 0.6) is 5.75 Å². The van der Waals surface area contributed by atoms with Gasteiger partial charge < -0.3 is 9.30 Å². The molecule has 0 aliphatic heterocycles. The molecular weight excluding hydrogens is 331 g/mol. The van der Waals surface area contributed by atoms with Gasteiger partial charge in [-0.2, -0.15) is 0 Å². The predicted octanol–water partition coefficient (Wildman–Crippen LogP) is 5.51. The Kier molecular flexibility index (Phi) is 5.50. The smallest absolute Gasteiger partial charge is 0.147 e. The summed E-state index contributed by atoms with van der Waals surface area (Å²) >= 11 is 12.3. The lowest BCUT2D eigenvalue weighted by Gasteiger charge is -2.21. The van der Waals surface area contributed by atoms with Crippen LogP contribution < -0.4 is 4.74 Å². The highest BCUT2D eigenvalue weighted by atomic mass is 35.5. The number of hydrogen-bond acceptors (Lipinski definition) is 2. The summed E-state index contributed by atoms with van der Waals surface area (Å²) in [7, 11) is 0. The minimum Gasteiger partial charge on any atom is -0.493 e. The minimum absolute atomic E-state index is 0.506. The second kappa shape index (κ2) is 7.59. The molecule has 23 heavy (non-hydrogen) atoms. The molecule has 0 radical (unpaired) electrons. The monoisotopic (exact) mass is 352 g/mol. The molecule has 2 aromatic rings. The van der Waals surface area contributed by atoms with E-state index in [0.29, 0.717) is 17.6 Å². The number of ether oxygens (including phenoxy) is 1. The van der Waals surface area contributed by atoms with Crippen molar-refractivity contribution in [3.8, 4) is 5.75 Å². The summed E-state index contributed by atoms with van der Waals surface area (Å²) in [5.74, 6) is 2.42. The van der Waals surface area contributed by atoms with Crippen LogP contribution in [-0.2, 0) is 6.54 Å². The van der Waals surface area contributed by atoms with Gasteiger partial charge in [-0.15, -0.1) is 0 Å². The summed E-state index contributed by atoms with van der Waals surface area (Å²) in [4.78, 5) is 4.20. The SMILES string of the molecule is Cc1nc(Cl)cn1Cc1ccc(OCC2CCCCC2)cc1Cl. The van der Waals surface area contributed by atoms with Crippen LogP contribution in [0.15, 0.2) is 24.4 Å². The first-order valence-electron chi connectivity index (χ1n) is 8.22. The molecule has 0 saturated heterocycles. The van der Waals surface area contributed by atoms with Crippen LogP contribution in [0.4, 0.5) is 0 Å². The van der Waals surface area contributed by atoms with E-state index in [2.05, 4.69) is 4.98 Å². The zero-order valence-electron chi connectivity index (χ0n) is 13.4. The molecule has 1 aliphatic carbocycles. The predicted molar refractivity (Wildman–Crippen MR) is 94.6 cm³/mol. The van der Waals surface area contributed by atoms with Gasteiger partial charge in [0.25, 0.3) is 0 Å². The van der Waals surface area contributed by atoms with Gasteiger partial charge in [-0.1, -0.05) is 48.5 Å². The average Bonchev–Trinajstić information content (AvgIpc) is 2.86. The summed E-state index contributed by atoms with van der Waals surface area (Å²) in [6.07, 6.45) is 8.43. The van der Waals surface area contributed by atoms with Gasteiger partial charge in [0.2, 0.25) is 0 Å². The van der Waals surface area contributed by atoms with Crippen molar-refractivity contribution in [2.75, 3.05) is 6.61 Å². The number of aromatic nitrogens is 2. The van der Waals surface area contributed by atoms with Crippen molar-refractivity contribution in [1.29, 1.82) is 0 Å². The maximum absolute atomic E-state index is 6.41. The van der Waals surface area contributed by atoms with Crippen molar-refractivity contribution in [2.45, 2.75) is 45.6 Å². The van der Waals surface area contributed by atoms with Gasteiger partial charge in [0.15, 0.2) is 0 Å². The Morgan fingerprint density at radius 1 is 1.22 bits per heavy atom. The highest BCUT2D eigenvalue weighted by Crippen LogP contribution is 2.27. The van der Waals surface area contributed by atoms with Gasteiger partial charge in [0, 0.05) is 11.2 Å². The van der Waals surface area contributed by atoms with E-state index in [1.54, 1.807) is 0 Å². The Bertz CT molecular complexity index is 663. The van der Waals surface area contributed by atoms with Crippen molar-refractivity contribution in [2.24, 2.45) is 5.92 Å². The lowest BCUT2D eigenvalue weighted by Crippen LogP contribution is -2.15. The third kappa shape index (κ3) is 4.42. The molecular formula is C18H22Cl2N2O. The van der Waals surface area contributed by atoms with E-state index < -0.39 is 0 Å². The Hall–Kier alpha value is -1.19. The second-order valence-corrected chi connectivity index (χ2v) is 7.10. The molecule has 0 atom stereocenters. The molecule has 3 nitrogen and oxygen atoms in total. The Labute approximate surface area is 147 Å². The molecule has 1 saturated carbocycles. The van der Waals surface area contributed by atoms with E-state index >= 15 is 0 Å². The molecule has 1 heterocycles. The van der Waals surface area contributed by atoms with E-state index in [4.69, 9.17) is 27.9 Å². The molecule has 1 aromatic carbocycles. The van der Waals surface area contributed by atoms with Crippen molar-refractivity contribution < 1.29 is 4.74 Å². The quantitative estimate of drug-likeness (QED) is 0.709. The molecule has 0 bridgehead atoms. The molecule has 1 aliphatic rings. The topological polar surface area (TPSA) is 27.1 Å². The molecule has 0 spiro atoms. The first kappa shape index (κ1) is 16.7. The van der Waals surface area contributed by atoms with E-state index in [9.17, 15) is 0 Å². The van der Waals surface area contributed by atoms with Gasteiger partial charge in [-0.3, -0.25) is 0 Å². The van der Waals surface area contributed by atoms with Gasteiger partial charge in [-0.05, 0) is 43.4 Å². The summed E-state index contributed by atoms with van der Waals surface area (Å²) in [6.45, 7) is 3.39. The summed E-state index contributed by atoms with van der Waals surface area (Å²) < 4.78 is 7.93. The molecule has 124 valence electrons. The number of hydrogen-bond donors (Lipinski definition) is 0. The van der Waals surface area contributed by atoms with E-state index in [0.717, 1.165) is 28.8 Å². The molecule has 3 rings (SSSR count). The Morgan fingerprint density at radius 3 is 2.65 bits per heavy atom. The van der Waals surface area contributed by atoms with Crippen LogP contribution >= 0.6 is 23.2 Å². The van der Waals surface area contributed by atoms with Crippen LogP contribution in [-0.4, -0.2) is 16.2 Å². The standard InChI is InChI=1S/C18H22Cl2N2O/c1-13-21-18(20)11-22(13)10-15-7-8-16(9-17(15)19)23-12-14-5-3-2-4-6-14/h7-9,11,14H,2-6,10,12H2,1H3. The molecule has 0 amide bonds. The highest BCUT2D eigenvalue weighted by molar-refractivity contribution is 6.31. The highest BCUT2D eigenvalue weighted by Gasteiger charge is 2.14. The fourth-order valence-corrected chi connectivity index (χ4v) is 3.60. The number of halogens is 2. The Balaban J connectivity index is 1.62. The van der Waals surface area contributed by atoms with E-state index in [1.165, 1.54) is 32.1 Å². The van der Waals surface area contributed by atoms with Crippen LogP contribution in [0.3, 0.4) is 0 Å². The van der Waals surface area contributed by atoms with Crippen molar-refractivity contribution in [3.63, 3.8) is 0 Å². The fraction of sp³-hybridized carbons (Fsp3) is 0.500.